The highest BCUT2D eigenvalue weighted by Crippen LogP contribution is 2.23. The standard InChI is InChI=1S/C24H31N5O4/c1-6-8-19-21(31)28(5)11-12-29(19)20(30)17-10-7-9-16(13-17)18-14-25-22(26-15-18)27-23(32)33-24(2,3)4/h7,9-10,13-15,19H,6,8,11-12H2,1-5H3,(H,25,26,27,32). The van der Waals surface area contributed by atoms with Crippen molar-refractivity contribution in [3.8, 4) is 11.1 Å². The van der Waals surface area contributed by atoms with Crippen molar-refractivity contribution in [2.45, 2.75) is 52.2 Å². The number of carbonyl (C=O) groups excluding carboxylic acids is 3. The number of hydrogen-bond acceptors (Lipinski definition) is 6. The Balaban J connectivity index is 1.76. The normalized spacial score (nSPS) is 16.5. The predicted octanol–water partition coefficient (Wildman–Crippen LogP) is 3.57. The van der Waals surface area contributed by atoms with Gasteiger partial charge in [-0.25, -0.2) is 14.8 Å². The van der Waals surface area contributed by atoms with Gasteiger partial charge in [0.15, 0.2) is 0 Å². The van der Waals surface area contributed by atoms with E-state index < -0.39 is 17.7 Å². The van der Waals surface area contributed by atoms with E-state index in [1.807, 2.05) is 13.0 Å². The number of carbonyl (C=O) groups is 3. The van der Waals surface area contributed by atoms with Gasteiger partial charge in [-0.3, -0.25) is 14.9 Å². The molecule has 176 valence electrons. The van der Waals surface area contributed by atoms with Gasteiger partial charge in [0.1, 0.15) is 11.6 Å². The molecule has 0 saturated carbocycles. The molecule has 1 aromatic heterocycles. The van der Waals surface area contributed by atoms with E-state index >= 15 is 0 Å². The van der Waals surface area contributed by atoms with Gasteiger partial charge in [-0.05, 0) is 44.9 Å². The van der Waals surface area contributed by atoms with Crippen molar-refractivity contribution in [1.29, 1.82) is 0 Å². The van der Waals surface area contributed by atoms with Crippen LogP contribution in [0.15, 0.2) is 36.7 Å². The SMILES string of the molecule is CCCC1C(=O)N(C)CCN1C(=O)c1cccc(-c2cnc(NC(=O)OC(C)(C)C)nc2)c1. The molecular formula is C24H31N5O4. The molecular weight excluding hydrogens is 422 g/mol. The second kappa shape index (κ2) is 9.97. The maximum absolute atomic E-state index is 13.3. The monoisotopic (exact) mass is 453 g/mol. The lowest BCUT2D eigenvalue weighted by Gasteiger charge is -2.39. The lowest BCUT2D eigenvalue weighted by molar-refractivity contribution is -0.138. The molecule has 0 bridgehead atoms. The van der Waals surface area contributed by atoms with Gasteiger partial charge in [0.25, 0.3) is 5.91 Å². The first-order valence-corrected chi connectivity index (χ1v) is 11.1. The number of benzene rings is 1. The zero-order valence-electron chi connectivity index (χ0n) is 19.8. The molecule has 33 heavy (non-hydrogen) atoms. The zero-order valence-corrected chi connectivity index (χ0v) is 19.8. The van der Waals surface area contributed by atoms with Crippen molar-refractivity contribution in [2.24, 2.45) is 0 Å². The van der Waals surface area contributed by atoms with Crippen molar-refractivity contribution in [2.75, 3.05) is 25.5 Å². The molecule has 0 radical (unpaired) electrons. The van der Waals surface area contributed by atoms with Crippen LogP contribution in [0.2, 0.25) is 0 Å². The molecule has 3 amide bonds. The summed E-state index contributed by atoms with van der Waals surface area (Å²) in [5.41, 5.74) is 1.33. The number of hydrogen-bond donors (Lipinski definition) is 1. The maximum atomic E-state index is 13.3. The quantitative estimate of drug-likeness (QED) is 0.742. The first kappa shape index (κ1) is 24.2. The van der Waals surface area contributed by atoms with E-state index in [1.54, 1.807) is 68.2 Å². The number of rotatable bonds is 5. The summed E-state index contributed by atoms with van der Waals surface area (Å²) < 4.78 is 5.20. The van der Waals surface area contributed by atoms with Crippen LogP contribution in [0.4, 0.5) is 10.7 Å². The molecule has 1 unspecified atom stereocenters. The van der Waals surface area contributed by atoms with Crippen molar-refractivity contribution in [3.63, 3.8) is 0 Å². The van der Waals surface area contributed by atoms with Crippen LogP contribution in [-0.4, -0.2) is 69.5 Å². The number of anilines is 1. The number of nitrogens with one attached hydrogen (secondary N) is 1. The summed E-state index contributed by atoms with van der Waals surface area (Å²) >= 11 is 0. The molecule has 1 N–H and O–H groups in total. The van der Waals surface area contributed by atoms with Crippen LogP contribution < -0.4 is 5.32 Å². The maximum Gasteiger partial charge on any atom is 0.414 e. The third-order valence-electron chi connectivity index (χ3n) is 5.24. The van der Waals surface area contributed by atoms with Crippen molar-refractivity contribution >= 4 is 23.9 Å². The Morgan fingerprint density at radius 2 is 1.85 bits per heavy atom. The molecule has 2 heterocycles. The number of amides is 3. The van der Waals surface area contributed by atoms with E-state index in [9.17, 15) is 14.4 Å². The van der Waals surface area contributed by atoms with E-state index in [0.29, 0.717) is 30.6 Å². The third-order valence-corrected chi connectivity index (χ3v) is 5.24. The molecule has 1 fully saturated rings. The molecule has 9 heteroatoms. The number of aromatic nitrogens is 2. The molecule has 1 aliphatic rings. The van der Waals surface area contributed by atoms with Gasteiger partial charge in [0, 0.05) is 43.7 Å². The average Bonchev–Trinajstić information content (AvgIpc) is 2.76. The summed E-state index contributed by atoms with van der Waals surface area (Å²) in [5, 5.41) is 2.49. The first-order valence-electron chi connectivity index (χ1n) is 11.1. The van der Waals surface area contributed by atoms with E-state index in [2.05, 4.69) is 15.3 Å². The first-order chi connectivity index (χ1) is 15.6. The van der Waals surface area contributed by atoms with E-state index in [1.165, 1.54) is 0 Å². The Kier molecular flexibility index (Phi) is 7.30. The molecule has 2 aromatic rings. The summed E-state index contributed by atoms with van der Waals surface area (Å²) in [4.78, 5) is 49.5. The van der Waals surface area contributed by atoms with Gasteiger partial charge in [-0.15, -0.1) is 0 Å². The number of ether oxygens (including phenoxy) is 1. The van der Waals surface area contributed by atoms with Crippen LogP contribution in [0.1, 0.15) is 50.9 Å². The third kappa shape index (κ3) is 6.06. The Morgan fingerprint density at radius 3 is 2.48 bits per heavy atom. The van der Waals surface area contributed by atoms with Crippen molar-refractivity contribution in [3.05, 3.63) is 42.2 Å². The minimum atomic E-state index is -0.633. The molecule has 1 aromatic carbocycles. The van der Waals surface area contributed by atoms with Gasteiger partial charge in [-0.1, -0.05) is 25.5 Å². The van der Waals surface area contributed by atoms with Crippen LogP contribution >= 0.6 is 0 Å². The Hall–Kier alpha value is -3.49. The zero-order chi connectivity index (χ0) is 24.2. The van der Waals surface area contributed by atoms with E-state index in [-0.39, 0.29) is 17.8 Å². The molecule has 0 aliphatic carbocycles. The predicted molar refractivity (Wildman–Crippen MR) is 125 cm³/mol. The highest BCUT2D eigenvalue weighted by Gasteiger charge is 2.35. The van der Waals surface area contributed by atoms with Crippen LogP contribution in [0.25, 0.3) is 11.1 Å². The van der Waals surface area contributed by atoms with Gasteiger partial charge in [0.05, 0.1) is 0 Å². The Morgan fingerprint density at radius 1 is 1.15 bits per heavy atom. The van der Waals surface area contributed by atoms with E-state index in [0.717, 1.165) is 12.0 Å². The van der Waals surface area contributed by atoms with Gasteiger partial charge < -0.3 is 14.5 Å². The largest absolute Gasteiger partial charge is 0.444 e. The summed E-state index contributed by atoms with van der Waals surface area (Å²) in [7, 11) is 1.77. The smallest absolute Gasteiger partial charge is 0.414 e. The fourth-order valence-corrected chi connectivity index (χ4v) is 3.64. The van der Waals surface area contributed by atoms with Gasteiger partial charge in [0.2, 0.25) is 11.9 Å². The van der Waals surface area contributed by atoms with Gasteiger partial charge >= 0.3 is 6.09 Å². The van der Waals surface area contributed by atoms with E-state index in [4.69, 9.17) is 4.74 Å². The molecule has 0 spiro atoms. The van der Waals surface area contributed by atoms with Crippen LogP contribution in [0.3, 0.4) is 0 Å². The fraction of sp³-hybridized carbons (Fsp3) is 0.458. The highest BCUT2D eigenvalue weighted by molar-refractivity contribution is 5.99. The summed E-state index contributed by atoms with van der Waals surface area (Å²) in [5.74, 6) is -0.0615. The van der Waals surface area contributed by atoms with Crippen molar-refractivity contribution in [1.82, 2.24) is 19.8 Å². The molecule has 1 aliphatic heterocycles. The molecule has 1 saturated heterocycles. The molecule has 1 atom stereocenters. The lowest BCUT2D eigenvalue weighted by Crippen LogP contribution is -2.57. The molecule has 3 rings (SSSR count). The summed E-state index contributed by atoms with van der Waals surface area (Å²) in [6, 6.07) is 6.73. The minimum Gasteiger partial charge on any atom is -0.444 e. The second-order valence-electron chi connectivity index (χ2n) is 9.07. The minimum absolute atomic E-state index is 0.0194. The molecule has 9 nitrogen and oxygen atoms in total. The lowest BCUT2D eigenvalue weighted by atomic mass is 10.0. The Labute approximate surface area is 194 Å². The number of nitrogens with zero attached hydrogens (tertiary/aromatic N) is 4. The average molecular weight is 454 g/mol. The van der Waals surface area contributed by atoms with Gasteiger partial charge in [-0.2, -0.15) is 0 Å². The number of likely N-dealkylation sites (N-methyl/N-ethyl adjacent to an activating group) is 1. The number of piperazine rings is 1. The Bertz CT molecular complexity index is 1020. The summed E-state index contributed by atoms with van der Waals surface area (Å²) in [6.07, 6.45) is 3.96. The summed E-state index contributed by atoms with van der Waals surface area (Å²) in [6.45, 7) is 8.34. The topological polar surface area (TPSA) is 105 Å². The van der Waals surface area contributed by atoms with Crippen LogP contribution in [0, 0.1) is 0 Å². The fourth-order valence-electron chi connectivity index (χ4n) is 3.64. The second-order valence-corrected chi connectivity index (χ2v) is 9.07. The van der Waals surface area contributed by atoms with Crippen LogP contribution in [0.5, 0.6) is 0 Å². The van der Waals surface area contributed by atoms with Crippen molar-refractivity contribution < 1.29 is 19.1 Å². The highest BCUT2D eigenvalue weighted by atomic mass is 16.6. The van der Waals surface area contributed by atoms with Crippen LogP contribution in [-0.2, 0) is 9.53 Å².